The van der Waals surface area contributed by atoms with Gasteiger partial charge >= 0.3 is 0 Å². The topological polar surface area (TPSA) is 121 Å². The number of halogens is 1. The van der Waals surface area contributed by atoms with E-state index in [9.17, 15) is 12.8 Å². The second kappa shape index (κ2) is 10.9. The maximum absolute atomic E-state index is 13.3. The first kappa shape index (κ1) is 24.1. The highest BCUT2D eigenvalue weighted by atomic mass is 32.2. The Morgan fingerprint density at radius 3 is 2.03 bits per heavy atom. The van der Waals surface area contributed by atoms with Gasteiger partial charge in [-0.25, -0.2) is 17.5 Å². The summed E-state index contributed by atoms with van der Waals surface area (Å²) < 4.78 is 41.5. The molecule has 1 aromatic heterocycles. The van der Waals surface area contributed by atoms with Gasteiger partial charge in [0.05, 0.1) is 4.90 Å². The Kier molecular flexibility index (Phi) is 8.19. The van der Waals surface area contributed by atoms with Crippen LogP contribution in [0, 0.1) is 18.7 Å². The predicted molar refractivity (Wildman–Crippen MR) is 124 cm³/mol. The number of sulfonamides is 1. The zero-order valence-electron chi connectivity index (χ0n) is 18.8. The highest BCUT2D eigenvalue weighted by Gasteiger charge is 2.26. The van der Waals surface area contributed by atoms with Crippen LogP contribution in [-0.2, 0) is 10.0 Å². The van der Waals surface area contributed by atoms with Crippen molar-refractivity contribution in [3.05, 3.63) is 29.6 Å². The van der Waals surface area contributed by atoms with Gasteiger partial charge in [0.15, 0.2) is 0 Å². The Bertz CT molecular complexity index is 987. The van der Waals surface area contributed by atoms with Gasteiger partial charge in [-0.3, -0.25) is 0 Å². The summed E-state index contributed by atoms with van der Waals surface area (Å²) in [4.78, 5) is 13.2. The molecule has 0 amide bonds. The molecule has 1 heterocycles. The molecule has 4 N–H and O–H groups in total. The third kappa shape index (κ3) is 6.49. The van der Waals surface area contributed by atoms with E-state index in [0.29, 0.717) is 49.0 Å². The molecule has 1 fully saturated rings. The lowest BCUT2D eigenvalue weighted by atomic mass is 9.86. The van der Waals surface area contributed by atoms with E-state index >= 15 is 0 Å². The van der Waals surface area contributed by atoms with Gasteiger partial charge < -0.3 is 16.0 Å². The maximum Gasteiger partial charge on any atom is 0.241 e. The molecule has 32 heavy (non-hydrogen) atoms. The molecule has 0 aliphatic heterocycles. The van der Waals surface area contributed by atoms with E-state index in [1.807, 2.05) is 13.8 Å². The lowest BCUT2D eigenvalue weighted by Gasteiger charge is -2.29. The minimum Gasteiger partial charge on any atom is -0.354 e. The van der Waals surface area contributed by atoms with Gasteiger partial charge in [0.2, 0.25) is 27.9 Å². The summed E-state index contributed by atoms with van der Waals surface area (Å²) in [5.41, 5.74) is 0.404. The number of aryl methyl sites for hydroxylation is 1. The first-order valence-corrected chi connectivity index (χ1v) is 12.5. The first-order chi connectivity index (χ1) is 15.3. The van der Waals surface area contributed by atoms with Crippen LogP contribution in [0.15, 0.2) is 23.1 Å². The molecule has 2 aromatic rings. The summed E-state index contributed by atoms with van der Waals surface area (Å²) in [7, 11) is -3.67. The van der Waals surface area contributed by atoms with E-state index in [4.69, 9.17) is 0 Å². The van der Waals surface area contributed by atoms with Crippen molar-refractivity contribution >= 4 is 27.9 Å². The van der Waals surface area contributed by atoms with Gasteiger partial charge in [0, 0.05) is 25.7 Å². The molecule has 9 nitrogen and oxygen atoms in total. The first-order valence-electron chi connectivity index (χ1n) is 11.1. The summed E-state index contributed by atoms with van der Waals surface area (Å²) in [6.07, 6.45) is 3.25. The van der Waals surface area contributed by atoms with Crippen LogP contribution in [0.3, 0.4) is 0 Å². The van der Waals surface area contributed by atoms with Crippen molar-refractivity contribution in [2.24, 2.45) is 5.92 Å². The van der Waals surface area contributed by atoms with Crippen LogP contribution in [0.4, 0.5) is 22.2 Å². The van der Waals surface area contributed by atoms with Crippen LogP contribution >= 0.6 is 0 Å². The second-order valence-electron chi connectivity index (χ2n) is 8.00. The smallest absolute Gasteiger partial charge is 0.241 e. The minimum atomic E-state index is -3.67. The summed E-state index contributed by atoms with van der Waals surface area (Å²) in [5, 5.41) is 9.51. The van der Waals surface area contributed by atoms with E-state index in [2.05, 4.69) is 35.6 Å². The Labute approximate surface area is 189 Å². The number of anilines is 3. The summed E-state index contributed by atoms with van der Waals surface area (Å²) in [5.74, 6) is 1.51. The number of rotatable bonds is 10. The zero-order chi connectivity index (χ0) is 23.1. The third-order valence-electron chi connectivity index (χ3n) is 5.45. The normalized spacial score (nSPS) is 18.9. The molecule has 1 aliphatic carbocycles. The minimum absolute atomic E-state index is 0.126. The van der Waals surface area contributed by atoms with Crippen molar-refractivity contribution in [3.63, 3.8) is 0 Å². The van der Waals surface area contributed by atoms with Gasteiger partial charge in [-0.1, -0.05) is 0 Å². The Hall–Kier alpha value is -2.53. The van der Waals surface area contributed by atoms with E-state index in [1.165, 1.54) is 18.2 Å². The van der Waals surface area contributed by atoms with Gasteiger partial charge in [0.25, 0.3) is 0 Å². The maximum atomic E-state index is 13.3. The van der Waals surface area contributed by atoms with Gasteiger partial charge in [-0.05, 0) is 76.1 Å². The summed E-state index contributed by atoms with van der Waals surface area (Å²) in [6.45, 7) is 7.70. The molecule has 176 valence electrons. The standard InChI is InChI=1S/C21H32FN7O2S/c1-4-23-19-26-20(24-5-2)28-21(27-19)25-13-15-6-9-17(10-7-15)29-32(30,31)18-11-8-16(22)12-14(18)3/h8,11-12,15,17,29H,4-7,9-10,13H2,1-3H3,(H3,23,24,25,26,27,28). The average Bonchev–Trinajstić information content (AvgIpc) is 2.73. The van der Waals surface area contributed by atoms with Crippen LogP contribution in [0.25, 0.3) is 0 Å². The van der Waals surface area contributed by atoms with E-state index < -0.39 is 15.8 Å². The molecule has 1 aliphatic rings. The van der Waals surface area contributed by atoms with Gasteiger partial charge in [0.1, 0.15) is 5.82 Å². The van der Waals surface area contributed by atoms with Crippen molar-refractivity contribution in [3.8, 4) is 0 Å². The van der Waals surface area contributed by atoms with Crippen LogP contribution in [0.5, 0.6) is 0 Å². The highest BCUT2D eigenvalue weighted by molar-refractivity contribution is 7.89. The summed E-state index contributed by atoms with van der Waals surface area (Å²) >= 11 is 0. The Morgan fingerprint density at radius 1 is 0.938 bits per heavy atom. The third-order valence-corrected chi connectivity index (χ3v) is 7.13. The molecule has 0 radical (unpaired) electrons. The number of hydrogen-bond acceptors (Lipinski definition) is 8. The van der Waals surface area contributed by atoms with Crippen LogP contribution < -0.4 is 20.7 Å². The SMILES string of the molecule is CCNc1nc(NCC)nc(NCC2CCC(NS(=O)(=O)c3ccc(F)cc3C)CC2)n1. The van der Waals surface area contributed by atoms with Crippen molar-refractivity contribution in [2.45, 2.75) is 57.4 Å². The average molecular weight is 466 g/mol. The summed E-state index contributed by atoms with van der Waals surface area (Å²) in [6, 6.07) is 3.61. The number of benzene rings is 1. The number of nitrogens with zero attached hydrogens (tertiary/aromatic N) is 3. The molecule has 0 spiro atoms. The molecule has 11 heteroatoms. The fourth-order valence-electron chi connectivity index (χ4n) is 3.85. The lowest BCUT2D eigenvalue weighted by molar-refractivity contribution is 0.323. The van der Waals surface area contributed by atoms with E-state index in [0.717, 1.165) is 25.7 Å². The molecule has 0 atom stereocenters. The Balaban J connectivity index is 1.53. The molecular formula is C21H32FN7O2S. The zero-order valence-corrected chi connectivity index (χ0v) is 19.6. The van der Waals surface area contributed by atoms with Crippen molar-refractivity contribution < 1.29 is 12.8 Å². The van der Waals surface area contributed by atoms with E-state index in [1.54, 1.807) is 6.92 Å². The molecule has 0 unspecified atom stereocenters. The van der Waals surface area contributed by atoms with Gasteiger partial charge in [-0.15, -0.1) is 0 Å². The Morgan fingerprint density at radius 2 is 1.50 bits per heavy atom. The van der Waals surface area contributed by atoms with Gasteiger partial charge in [-0.2, -0.15) is 15.0 Å². The van der Waals surface area contributed by atoms with Crippen LogP contribution in [-0.4, -0.2) is 49.0 Å². The molecular weight excluding hydrogens is 433 g/mol. The second-order valence-corrected chi connectivity index (χ2v) is 9.68. The number of aromatic nitrogens is 3. The largest absolute Gasteiger partial charge is 0.354 e. The molecule has 1 aromatic carbocycles. The molecule has 3 rings (SSSR count). The van der Waals surface area contributed by atoms with Crippen LogP contribution in [0.1, 0.15) is 45.1 Å². The lowest BCUT2D eigenvalue weighted by Crippen LogP contribution is -2.38. The quantitative estimate of drug-likeness (QED) is 0.422. The van der Waals surface area contributed by atoms with E-state index in [-0.39, 0.29) is 10.9 Å². The van der Waals surface area contributed by atoms with Crippen molar-refractivity contribution in [1.82, 2.24) is 19.7 Å². The van der Waals surface area contributed by atoms with Crippen molar-refractivity contribution in [2.75, 3.05) is 35.6 Å². The molecule has 0 bridgehead atoms. The molecule has 1 saturated carbocycles. The highest BCUT2D eigenvalue weighted by Crippen LogP contribution is 2.26. The molecule has 0 saturated heterocycles. The predicted octanol–water partition coefficient (Wildman–Crippen LogP) is 3.13. The fraction of sp³-hybridized carbons (Fsp3) is 0.571. The number of nitrogens with one attached hydrogen (secondary N) is 4. The fourth-order valence-corrected chi connectivity index (χ4v) is 5.38. The van der Waals surface area contributed by atoms with Crippen LogP contribution in [0.2, 0.25) is 0 Å². The monoisotopic (exact) mass is 465 g/mol. The van der Waals surface area contributed by atoms with Crippen molar-refractivity contribution in [1.29, 1.82) is 0 Å². The number of hydrogen-bond donors (Lipinski definition) is 4.